The maximum atomic E-state index is 11.0. The molecule has 0 heterocycles. The van der Waals surface area contributed by atoms with Gasteiger partial charge < -0.3 is 9.47 Å². The van der Waals surface area contributed by atoms with Crippen LogP contribution < -0.4 is 9.47 Å². The van der Waals surface area contributed by atoms with E-state index in [9.17, 15) is 4.79 Å². The Bertz CT molecular complexity index is 455. The summed E-state index contributed by atoms with van der Waals surface area (Å²) in [6.07, 6.45) is 7.47. The van der Waals surface area contributed by atoms with Gasteiger partial charge in [0, 0.05) is 6.07 Å². The van der Waals surface area contributed by atoms with Crippen LogP contribution in [0.1, 0.15) is 42.5 Å². The van der Waals surface area contributed by atoms with E-state index in [2.05, 4.69) is 0 Å². The second-order valence-electron chi connectivity index (χ2n) is 5.52. The first-order valence-electron chi connectivity index (χ1n) is 6.55. The first kappa shape index (κ1) is 11.6. The van der Waals surface area contributed by atoms with Gasteiger partial charge in [-0.15, -0.1) is 0 Å². The highest BCUT2D eigenvalue weighted by atomic mass is 16.5. The van der Waals surface area contributed by atoms with E-state index in [1.165, 1.54) is 19.3 Å². The van der Waals surface area contributed by atoms with Crippen molar-refractivity contribution in [1.29, 1.82) is 0 Å². The Morgan fingerprint density at radius 1 is 1.33 bits per heavy atom. The number of aldehydes is 1. The third kappa shape index (κ3) is 1.88. The second-order valence-corrected chi connectivity index (χ2v) is 5.52. The Hall–Kier alpha value is -1.51. The van der Waals surface area contributed by atoms with Gasteiger partial charge >= 0.3 is 0 Å². The smallest absolute Gasteiger partial charge is 0.153 e. The van der Waals surface area contributed by atoms with Crippen molar-refractivity contribution < 1.29 is 14.3 Å². The molecule has 0 unspecified atom stereocenters. The zero-order valence-corrected chi connectivity index (χ0v) is 10.6. The lowest BCUT2D eigenvalue weighted by Crippen LogP contribution is -2.48. The number of hydrogen-bond acceptors (Lipinski definition) is 3. The van der Waals surface area contributed by atoms with Crippen LogP contribution in [0.25, 0.3) is 0 Å². The number of carbonyl (C=O) groups excluding carboxylic acids is 1. The van der Waals surface area contributed by atoms with Crippen LogP contribution in [0.15, 0.2) is 18.2 Å². The first-order valence-corrected chi connectivity index (χ1v) is 6.55. The molecular formula is C15H18O3. The Kier molecular flexibility index (Phi) is 2.77. The summed E-state index contributed by atoms with van der Waals surface area (Å²) in [6, 6.07) is 5.33. The maximum Gasteiger partial charge on any atom is 0.153 e. The van der Waals surface area contributed by atoms with Gasteiger partial charge in [-0.1, -0.05) is 6.42 Å². The molecule has 2 saturated carbocycles. The molecule has 0 atom stereocenters. The van der Waals surface area contributed by atoms with Crippen molar-refractivity contribution in [2.75, 3.05) is 7.11 Å². The van der Waals surface area contributed by atoms with Gasteiger partial charge in [0.05, 0.1) is 18.8 Å². The molecule has 1 aromatic carbocycles. The molecule has 1 spiro atoms. The lowest BCUT2D eigenvalue weighted by atomic mass is 9.55. The molecular weight excluding hydrogens is 228 g/mol. The Morgan fingerprint density at radius 3 is 2.67 bits per heavy atom. The van der Waals surface area contributed by atoms with Gasteiger partial charge in [-0.2, -0.15) is 0 Å². The van der Waals surface area contributed by atoms with Crippen molar-refractivity contribution in [3.63, 3.8) is 0 Å². The molecule has 0 amide bonds. The van der Waals surface area contributed by atoms with Gasteiger partial charge in [-0.05, 0) is 43.2 Å². The van der Waals surface area contributed by atoms with E-state index in [4.69, 9.17) is 9.47 Å². The predicted molar refractivity (Wildman–Crippen MR) is 68.3 cm³/mol. The summed E-state index contributed by atoms with van der Waals surface area (Å²) >= 11 is 0. The van der Waals surface area contributed by atoms with Crippen molar-refractivity contribution in [3.8, 4) is 11.5 Å². The summed E-state index contributed by atoms with van der Waals surface area (Å²) < 4.78 is 11.1. The average Bonchev–Trinajstić information content (AvgIpc) is 2.30. The minimum atomic E-state index is 0.274. The highest BCUT2D eigenvalue weighted by molar-refractivity contribution is 5.79. The summed E-state index contributed by atoms with van der Waals surface area (Å²) in [7, 11) is 1.62. The van der Waals surface area contributed by atoms with Crippen LogP contribution in [0.5, 0.6) is 11.5 Å². The van der Waals surface area contributed by atoms with Crippen LogP contribution in [0.4, 0.5) is 0 Å². The Balaban J connectivity index is 1.69. The second kappa shape index (κ2) is 4.30. The van der Waals surface area contributed by atoms with Gasteiger partial charge in [0.2, 0.25) is 0 Å². The summed E-state index contributed by atoms with van der Waals surface area (Å²) in [5.41, 5.74) is 1.19. The monoisotopic (exact) mass is 246 g/mol. The summed E-state index contributed by atoms with van der Waals surface area (Å²) in [6.45, 7) is 0. The molecule has 96 valence electrons. The van der Waals surface area contributed by atoms with Crippen molar-refractivity contribution in [2.24, 2.45) is 5.41 Å². The molecule has 18 heavy (non-hydrogen) atoms. The number of carbonyl (C=O) groups is 1. The number of rotatable bonds is 4. The fourth-order valence-electron chi connectivity index (χ4n) is 3.10. The molecule has 2 fully saturated rings. The van der Waals surface area contributed by atoms with Crippen LogP contribution >= 0.6 is 0 Å². The van der Waals surface area contributed by atoms with Gasteiger partial charge in [-0.25, -0.2) is 0 Å². The van der Waals surface area contributed by atoms with Gasteiger partial charge in [-0.3, -0.25) is 4.79 Å². The molecule has 2 aliphatic rings. The van der Waals surface area contributed by atoms with Crippen molar-refractivity contribution >= 4 is 6.29 Å². The van der Waals surface area contributed by atoms with E-state index in [1.807, 2.05) is 0 Å². The van der Waals surface area contributed by atoms with Crippen LogP contribution in [-0.4, -0.2) is 19.5 Å². The molecule has 3 nitrogen and oxygen atoms in total. The summed E-state index contributed by atoms with van der Waals surface area (Å²) in [4.78, 5) is 11.0. The van der Waals surface area contributed by atoms with Crippen LogP contribution in [0.2, 0.25) is 0 Å². The van der Waals surface area contributed by atoms with Gasteiger partial charge in [0.25, 0.3) is 0 Å². The van der Waals surface area contributed by atoms with Crippen molar-refractivity contribution in [1.82, 2.24) is 0 Å². The van der Waals surface area contributed by atoms with E-state index in [-0.39, 0.29) is 6.10 Å². The first-order chi connectivity index (χ1) is 8.74. The predicted octanol–water partition coefficient (Wildman–Crippen LogP) is 3.22. The fourth-order valence-corrected chi connectivity index (χ4v) is 3.10. The zero-order chi connectivity index (χ0) is 12.6. The number of ether oxygens (including phenoxy) is 2. The average molecular weight is 246 g/mol. The Morgan fingerprint density at radius 2 is 2.11 bits per heavy atom. The van der Waals surface area contributed by atoms with E-state index < -0.39 is 0 Å². The van der Waals surface area contributed by atoms with E-state index in [1.54, 1.807) is 25.3 Å². The molecule has 3 rings (SSSR count). The quantitative estimate of drug-likeness (QED) is 0.765. The normalized spacial score (nSPS) is 20.9. The minimum absolute atomic E-state index is 0.274. The molecule has 0 aliphatic heterocycles. The van der Waals surface area contributed by atoms with Crippen molar-refractivity contribution in [3.05, 3.63) is 23.8 Å². The number of benzene rings is 1. The maximum absolute atomic E-state index is 11.0. The van der Waals surface area contributed by atoms with Crippen LogP contribution in [-0.2, 0) is 0 Å². The topological polar surface area (TPSA) is 35.5 Å². The lowest BCUT2D eigenvalue weighted by Gasteiger charge is -2.53. The lowest BCUT2D eigenvalue weighted by molar-refractivity contribution is -0.0682. The molecule has 0 aromatic heterocycles. The third-order valence-corrected chi connectivity index (χ3v) is 4.38. The van der Waals surface area contributed by atoms with Crippen LogP contribution in [0.3, 0.4) is 0 Å². The minimum Gasteiger partial charge on any atom is -0.497 e. The van der Waals surface area contributed by atoms with Gasteiger partial charge in [0.1, 0.15) is 11.5 Å². The molecule has 3 heteroatoms. The van der Waals surface area contributed by atoms with E-state index >= 15 is 0 Å². The Labute approximate surface area is 107 Å². The van der Waals surface area contributed by atoms with Crippen LogP contribution in [0, 0.1) is 5.41 Å². The standard InChI is InChI=1S/C15H18O3/c1-17-12-4-3-11(10-16)14(7-12)18-13-8-15(9-13)5-2-6-15/h3-4,7,10,13H,2,5-6,8-9H2,1H3. The fraction of sp³-hybridized carbons (Fsp3) is 0.533. The highest BCUT2D eigenvalue weighted by Gasteiger charge is 2.49. The zero-order valence-electron chi connectivity index (χ0n) is 10.6. The van der Waals surface area contributed by atoms with Crippen molar-refractivity contribution in [2.45, 2.75) is 38.2 Å². The third-order valence-electron chi connectivity index (χ3n) is 4.38. The van der Waals surface area contributed by atoms with E-state index in [0.717, 1.165) is 24.9 Å². The molecule has 0 saturated heterocycles. The number of methoxy groups -OCH3 is 1. The van der Waals surface area contributed by atoms with Gasteiger partial charge in [0.15, 0.2) is 6.29 Å². The summed E-state index contributed by atoms with van der Waals surface area (Å²) in [5.74, 6) is 1.39. The molecule has 0 N–H and O–H groups in total. The summed E-state index contributed by atoms with van der Waals surface area (Å²) in [5, 5.41) is 0. The molecule has 0 radical (unpaired) electrons. The molecule has 1 aromatic rings. The molecule has 2 aliphatic carbocycles. The SMILES string of the molecule is COc1ccc(C=O)c(OC2CC3(CCC3)C2)c1. The van der Waals surface area contributed by atoms with E-state index in [0.29, 0.717) is 16.7 Å². The number of hydrogen-bond donors (Lipinski definition) is 0. The highest BCUT2D eigenvalue weighted by Crippen LogP contribution is 2.56. The molecule has 0 bridgehead atoms. The largest absolute Gasteiger partial charge is 0.497 e.